The predicted molar refractivity (Wildman–Crippen MR) is 79.4 cm³/mol. The maximum atomic E-state index is 11.7. The smallest absolute Gasteiger partial charge is 0.325 e. The first-order chi connectivity index (χ1) is 8.85. The molecule has 0 aromatic carbocycles. The van der Waals surface area contributed by atoms with Gasteiger partial charge in [0.2, 0.25) is 0 Å². The number of methoxy groups -OCH3 is 1. The second-order valence-corrected chi connectivity index (χ2v) is 5.64. The molecule has 0 radical (unpaired) electrons. The van der Waals surface area contributed by atoms with Gasteiger partial charge in [-0.3, -0.25) is 4.79 Å². The van der Waals surface area contributed by atoms with E-state index in [0.29, 0.717) is 0 Å². The highest BCUT2D eigenvalue weighted by atomic mass is 16.5. The lowest BCUT2D eigenvalue weighted by Gasteiger charge is -2.27. The highest BCUT2D eigenvalue weighted by Crippen LogP contribution is 2.14. The minimum absolute atomic E-state index is 0.190. The Hall–Kier alpha value is -0.650. The molecular weight excluding hydrogens is 242 g/mol. The van der Waals surface area contributed by atoms with Gasteiger partial charge in [0.25, 0.3) is 0 Å². The molecule has 0 aliphatic heterocycles. The number of nitrogens with one attached hydrogen (secondary N) is 1. The lowest BCUT2D eigenvalue weighted by molar-refractivity contribution is -0.148. The Kier molecular flexibility index (Phi) is 8.97. The topological polar surface area (TPSA) is 44.8 Å². The second kappa shape index (κ2) is 9.28. The van der Waals surface area contributed by atoms with Crippen LogP contribution in [-0.4, -0.2) is 76.2 Å². The zero-order chi connectivity index (χ0) is 14.9. The van der Waals surface area contributed by atoms with E-state index in [2.05, 4.69) is 36.3 Å². The fourth-order valence-electron chi connectivity index (χ4n) is 2.03. The minimum Gasteiger partial charge on any atom is -0.468 e. The molecule has 5 heteroatoms. The summed E-state index contributed by atoms with van der Waals surface area (Å²) in [4.78, 5) is 16.2. The molecule has 1 N–H and O–H groups in total. The maximum Gasteiger partial charge on any atom is 0.325 e. The van der Waals surface area contributed by atoms with Crippen LogP contribution in [0.15, 0.2) is 0 Å². The van der Waals surface area contributed by atoms with Crippen molar-refractivity contribution < 1.29 is 9.53 Å². The fraction of sp³-hybridized carbons (Fsp3) is 0.929. The van der Waals surface area contributed by atoms with Crippen molar-refractivity contribution in [3.8, 4) is 0 Å². The van der Waals surface area contributed by atoms with E-state index in [0.717, 1.165) is 32.5 Å². The van der Waals surface area contributed by atoms with Gasteiger partial charge < -0.3 is 19.9 Å². The number of likely N-dealkylation sites (N-methyl/N-ethyl adjacent to an activating group) is 1. The molecule has 0 aromatic rings. The van der Waals surface area contributed by atoms with Gasteiger partial charge in [-0.1, -0.05) is 0 Å². The summed E-state index contributed by atoms with van der Waals surface area (Å²) >= 11 is 0. The van der Waals surface area contributed by atoms with E-state index >= 15 is 0 Å². The molecule has 114 valence electrons. The molecule has 0 heterocycles. The van der Waals surface area contributed by atoms with Crippen molar-refractivity contribution >= 4 is 5.97 Å². The van der Waals surface area contributed by atoms with Gasteiger partial charge in [-0.15, -0.1) is 0 Å². The summed E-state index contributed by atoms with van der Waals surface area (Å²) in [5.74, 6) is -0.190. The third-order valence-electron chi connectivity index (χ3n) is 3.55. The third kappa shape index (κ3) is 7.50. The van der Waals surface area contributed by atoms with Gasteiger partial charge in [0, 0.05) is 0 Å². The zero-order valence-electron chi connectivity index (χ0n) is 13.5. The van der Waals surface area contributed by atoms with Crippen molar-refractivity contribution in [2.75, 3.05) is 54.9 Å². The fourth-order valence-corrected chi connectivity index (χ4v) is 2.03. The Bertz CT molecular complexity index is 259. The van der Waals surface area contributed by atoms with Crippen molar-refractivity contribution in [1.82, 2.24) is 15.1 Å². The summed E-state index contributed by atoms with van der Waals surface area (Å²) in [5.41, 5.74) is -0.570. The minimum atomic E-state index is -0.570. The first-order valence-corrected chi connectivity index (χ1v) is 6.96. The van der Waals surface area contributed by atoms with Crippen LogP contribution in [0.5, 0.6) is 0 Å². The van der Waals surface area contributed by atoms with Crippen LogP contribution in [0.2, 0.25) is 0 Å². The summed E-state index contributed by atoms with van der Waals surface area (Å²) in [5, 5.41) is 3.06. The summed E-state index contributed by atoms with van der Waals surface area (Å²) < 4.78 is 4.83. The van der Waals surface area contributed by atoms with E-state index in [1.165, 1.54) is 13.5 Å². The molecule has 19 heavy (non-hydrogen) atoms. The number of carbonyl (C=O) groups is 1. The standard InChI is InChI=1S/C14H31N3O2/c1-14(15-2,13(18)19-6)9-7-11-17(5)12-8-10-16(3)4/h15H,7-12H2,1-6H3. The number of hydrogen-bond acceptors (Lipinski definition) is 5. The summed E-state index contributed by atoms with van der Waals surface area (Å²) in [6, 6.07) is 0. The van der Waals surface area contributed by atoms with E-state index in [-0.39, 0.29) is 5.97 Å². The van der Waals surface area contributed by atoms with Gasteiger partial charge in [0.1, 0.15) is 5.54 Å². The summed E-state index contributed by atoms with van der Waals surface area (Å²) in [7, 11) is 9.55. The molecule has 1 unspecified atom stereocenters. The van der Waals surface area contributed by atoms with E-state index in [1.807, 2.05) is 6.92 Å². The van der Waals surface area contributed by atoms with E-state index in [4.69, 9.17) is 4.74 Å². The number of esters is 1. The average molecular weight is 273 g/mol. The molecule has 0 saturated carbocycles. The van der Waals surface area contributed by atoms with Crippen LogP contribution in [0.25, 0.3) is 0 Å². The van der Waals surface area contributed by atoms with Crippen molar-refractivity contribution in [2.45, 2.75) is 31.7 Å². The highest BCUT2D eigenvalue weighted by molar-refractivity contribution is 5.80. The van der Waals surface area contributed by atoms with Gasteiger partial charge in [0.05, 0.1) is 7.11 Å². The number of rotatable bonds is 10. The zero-order valence-corrected chi connectivity index (χ0v) is 13.5. The Morgan fingerprint density at radius 2 is 1.74 bits per heavy atom. The molecule has 0 amide bonds. The van der Waals surface area contributed by atoms with Gasteiger partial charge in [-0.2, -0.15) is 0 Å². The third-order valence-corrected chi connectivity index (χ3v) is 3.55. The maximum absolute atomic E-state index is 11.7. The molecule has 0 aromatic heterocycles. The largest absolute Gasteiger partial charge is 0.468 e. The molecule has 0 bridgehead atoms. The molecule has 0 aliphatic rings. The van der Waals surface area contributed by atoms with E-state index in [1.54, 1.807) is 7.05 Å². The van der Waals surface area contributed by atoms with Crippen LogP contribution in [0.4, 0.5) is 0 Å². The lowest BCUT2D eigenvalue weighted by atomic mass is 9.96. The molecule has 0 fully saturated rings. The molecule has 0 rings (SSSR count). The first-order valence-electron chi connectivity index (χ1n) is 6.96. The Balaban J connectivity index is 3.90. The van der Waals surface area contributed by atoms with Gasteiger partial charge >= 0.3 is 5.97 Å². The van der Waals surface area contributed by atoms with Crippen LogP contribution in [0.3, 0.4) is 0 Å². The van der Waals surface area contributed by atoms with Gasteiger partial charge in [-0.05, 0) is 74.0 Å². The molecular formula is C14H31N3O2. The number of nitrogens with zero attached hydrogens (tertiary/aromatic N) is 2. The molecule has 0 aliphatic carbocycles. The quantitative estimate of drug-likeness (QED) is 0.597. The van der Waals surface area contributed by atoms with Crippen LogP contribution in [0, 0.1) is 0 Å². The Morgan fingerprint density at radius 3 is 2.21 bits per heavy atom. The van der Waals surface area contributed by atoms with Crippen LogP contribution in [-0.2, 0) is 9.53 Å². The highest BCUT2D eigenvalue weighted by Gasteiger charge is 2.31. The van der Waals surface area contributed by atoms with Crippen LogP contribution >= 0.6 is 0 Å². The van der Waals surface area contributed by atoms with Crippen LogP contribution in [0.1, 0.15) is 26.2 Å². The molecule has 1 atom stereocenters. The average Bonchev–Trinajstić information content (AvgIpc) is 2.37. The number of ether oxygens (including phenoxy) is 1. The predicted octanol–water partition coefficient (Wildman–Crippen LogP) is 0.801. The van der Waals surface area contributed by atoms with Gasteiger partial charge in [0.15, 0.2) is 0 Å². The monoisotopic (exact) mass is 273 g/mol. The van der Waals surface area contributed by atoms with Crippen molar-refractivity contribution in [3.63, 3.8) is 0 Å². The molecule has 0 spiro atoms. The van der Waals surface area contributed by atoms with Crippen LogP contribution < -0.4 is 5.32 Å². The SMILES string of the molecule is CNC(C)(CCCN(C)CCCN(C)C)C(=O)OC. The first kappa shape index (κ1) is 18.4. The Labute approximate surface area is 118 Å². The van der Waals surface area contributed by atoms with Gasteiger partial charge in [-0.25, -0.2) is 0 Å². The lowest BCUT2D eigenvalue weighted by Crippen LogP contribution is -2.48. The number of hydrogen-bond donors (Lipinski definition) is 1. The molecule has 0 saturated heterocycles. The second-order valence-electron chi connectivity index (χ2n) is 5.64. The number of carbonyl (C=O) groups excluding carboxylic acids is 1. The summed E-state index contributed by atoms with van der Waals surface area (Å²) in [6.45, 7) is 5.10. The van der Waals surface area contributed by atoms with Crippen molar-refractivity contribution in [1.29, 1.82) is 0 Å². The van der Waals surface area contributed by atoms with E-state index in [9.17, 15) is 4.79 Å². The van der Waals surface area contributed by atoms with E-state index < -0.39 is 5.54 Å². The normalized spacial score (nSPS) is 14.7. The molecule has 5 nitrogen and oxygen atoms in total. The Morgan fingerprint density at radius 1 is 1.16 bits per heavy atom. The summed E-state index contributed by atoms with van der Waals surface area (Å²) in [6.07, 6.45) is 2.93. The van der Waals surface area contributed by atoms with Crippen molar-refractivity contribution in [2.24, 2.45) is 0 Å². The van der Waals surface area contributed by atoms with Crippen molar-refractivity contribution in [3.05, 3.63) is 0 Å².